The van der Waals surface area contributed by atoms with Gasteiger partial charge in [-0.05, 0) is 55.4 Å². The molecule has 6 nitrogen and oxygen atoms in total. The molecule has 1 spiro atoms. The maximum atomic E-state index is 13.2. The number of benzene rings is 1. The third-order valence-electron chi connectivity index (χ3n) is 6.79. The van der Waals surface area contributed by atoms with Crippen LogP contribution in [0.1, 0.15) is 41.7 Å². The van der Waals surface area contributed by atoms with Crippen molar-refractivity contribution in [1.29, 1.82) is 0 Å². The number of aromatic amines is 1. The van der Waals surface area contributed by atoms with Crippen LogP contribution in [0.25, 0.3) is 11.3 Å². The van der Waals surface area contributed by atoms with Crippen molar-refractivity contribution in [2.24, 2.45) is 11.3 Å². The number of hydrogen-bond donors (Lipinski definition) is 3. The van der Waals surface area contributed by atoms with Gasteiger partial charge in [0.15, 0.2) is 5.78 Å². The molecule has 3 aliphatic rings. The molecule has 162 valence electrons. The van der Waals surface area contributed by atoms with Crippen LogP contribution < -0.4 is 10.6 Å². The highest BCUT2D eigenvalue weighted by Crippen LogP contribution is 2.56. The number of para-hydroxylation sites is 1. The average molecular weight is 430 g/mol. The van der Waals surface area contributed by atoms with Crippen LogP contribution in [0.15, 0.2) is 48.7 Å². The Balaban J connectivity index is 1.40. The number of Topliss-reactive ketones (excluding diaryl/α,β-unsaturated/α-hetero) is 1. The van der Waals surface area contributed by atoms with E-state index in [4.69, 9.17) is 0 Å². The van der Waals surface area contributed by atoms with E-state index in [0.717, 1.165) is 53.2 Å². The van der Waals surface area contributed by atoms with Crippen molar-refractivity contribution >= 4 is 28.9 Å². The van der Waals surface area contributed by atoms with E-state index in [9.17, 15) is 14.0 Å². The zero-order chi connectivity index (χ0) is 21.9. The zero-order valence-electron chi connectivity index (χ0n) is 17.5. The summed E-state index contributed by atoms with van der Waals surface area (Å²) in [6.07, 6.45) is 4.46. The predicted octanol–water partition coefficient (Wildman–Crippen LogP) is 5.03. The SMILES string of the molecule is O=C1CC2(CC2)Cc2[nH]c(-c3ccnc(NC(=O)[C@@H]4C[C@H]4F)c3)c(Nc3ccccc3)c21. The molecule has 6 rings (SSSR count). The number of halogens is 1. The second kappa shape index (κ2) is 7.02. The van der Waals surface area contributed by atoms with E-state index in [1.807, 2.05) is 36.4 Å². The van der Waals surface area contributed by atoms with Crippen molar-refractivity contribution in [3.63, 3.8) is 0 Å². The first-order chi connectivity index (χ1) is 15.5. The molecule has 0 unspecified atom stereocenters. The normalized spacial score (nSPS) is 22.3. The summed E-state index contributed by atoms with van der Waals surface area (Å²) in [5.41, 5.74) is 5.04. The lowest BCUT2D eigenvalue weighted by Gasteiger charge is -2.21. The highest BCUT2D eigenvalue weighted by atomic mass is 19.1. The number of carbonyl (C=O) groups is 2. The van der Waals surface area contributed by atoms with Crippen molar-refractivity contribution in [2.45, 2.75) is 38.3 Å². The number of ketones is 1. The Morgan fingerprint density at radius 1 is 1.16 bits per heavy atom. The smallest absolute Gasteiger partial charge is 0.231 e. The number of H-pyrrole nitrogens is 1. The summed E-state index contributed by atoms with van der Waals surface area (Å²) >= 11 is 0. The summed E-state index contributed by atoms with van der Waals surface area (Å²) in [7, 11) is 0. The number of aromatic nitrogens is 2. The number of nitrogens with one attached hydrogen (secondary N) is 3. The molecule has 0 radical (unpaired) electrons. The van der Waals surface area contributed by atoms with Gasteiger partial charge in [-0.1, -0.05) is 18.2 Å². The molecule has 2 fully saturated rings. The number of amides is 1. The second-order valence-electron chi connectivity index (χ2n) is 9.27. The summed E-state index contributed by atoms with van der Waals surface area (Å²) in [6.45, 7) is 0. The lowest BCUT2D eigenvalue weighted by molar-refractivity contribution is -0.117. The Labute approximate surface area is 184 Å². The number of fused-ring (bicyclic) bond motifs is 1. The second-order valence-corrected chi connectivity index (χ2v) is 9.27. The van der Waals surface area contributed by atoms with E-state index < -0.39 is 12.1 Å². The van der Waals surface area contributed by atoms with Gasteiger partial charge >= 0.3 is 0 Å². The van der Waals surface area contributed by atoms with E-state index >= 15 is 0 Å². The Morgan fingerprint density at radius 3 is 2.66 bits per heavy atom. The molecule has 3 aliphatic carbocycles. The molecule has 7 heteroatoms. The lowest BCUT2D eigenvalue weighted by Crippen LogP contribution is -2.21. The lowest BCUT2D eigenvalue weighted by atomic mass is 9.83. The number of alkyl halides is 1. The maximum Gasteiger partial charge on any atom is 0.231 e. The minimum Gasteiger partial charge on any atom is -0.356 e. The molecule has 2 atom stereocenters. The van der Waals surface area contributed by atoms with Crippen molar-refractivity contribution < 1.29 is 14.0 Å². The van der Waals surface area contributed by atoms with Gasteiger partial charge in [0.2, 0.25) is 5.91 Å². The van der Waals surface area contributed by atoms with Crippen LogP contribution >= 0.6 is 0 Å². The molecule has 0 aliphatic heterocycles. The van der Waals surface area contributed by atoms with Crippen LogP contribution in [0.4, 0.5) is 21.6 Å². The molecule has 0 saturated heterocycles. The first-order valence-electron chi connectivity index (χ1n) is 11.0. The van der Waals surface area contributed by atoms with Gasteiger partial charge in [0.05, 0.1) is 22.9 Å². The van der Waals surface area contributed by atoms with E-state index in [2.05, 4.69) is 20.6 Å². The van der Waals surface area contributed by atoms with Gasteiger partial charge in [-0.2, -0.15) is 0 Å². The summed E-state index contributed by atoms with van der Waals surface area (Å²) in [6, 6.07) is 13.4. The summed E-state index contributed by atoms with van der Waals surface area (Å²) < 4.78 is 13.2. The Morgan fingerprint density at radius 2 is 1.94 bits per heavy atom. The number of rotatable bonds is 5. The van der Waals surface area contributed by atoms with Crippen LogP contribution in [0.3, 0.4) is 0 Å². The van der Waals surface area contributed by atoms with Crippen LogP contribution in [-0.4, -0.2) is 27.8 Å². The Hall–Kier alpha value is -3.48. The molecular formula is C25H23FN4O2. The van der Waals surface area contributed by atoms with Crippen LogP contribution in [0.2, 0.25) is 0 Å². The predicted molar refractivity (Wildman–Crippen MR) is 120 cm³/mol. The molecule has 1 aromatic carbocycles. The highest BCUT2D eigenvalue weighted by molar-refractivity contribution is 6.08. The van der Waals surface area contributed by atoms with Gasteiger partial charge in [-0.3, -0.25) is 9.59 Å². The largest absolute Gasteiger partial charge is 0.356 e. The highest BCUT2D eigenvalue weighted by Gasteiger charge is 2.49. The molecule has 32 heavy (non-hydrogen) atoms. The fraction of sp³-hybridized carbons (Fsp3) is 0.320. The molecule has 0 bridgehead atoms. The van der Waals surface area contributed by atoms with Crippen LogP contribution in [-0.2, 0) is 11.2 Å². The minimum absolute atomic E-state index is 0.126. The summed E-state index contributed by atoms with van der Waals surface area (Å²) in [5, 5.41) is 6.16. The third kappa shape index (κ3) is 3.38. The fourth-order valence-corrected chi connectivity index (χ4v) is 4.70. The molecule has 2 saturated carbocycles. The number of carbonyl (C=O) groups excluding carboxylic acids is 2. The van der Waals surface area contributed by atoms with E-state index in [1.54, 1.807) is 12.3 Å². The van der Waals surface area contributed by atoms with Crippen molar-refractivity contribution in [3.8, 4) is 11.3 Å². The standard InChI is InChI=1S/C25H23FN4O2/c26-17-11-16(17)24(32)30-20-10-14(6-9-27-20)22-23(28-15-4-2-1-3-5-15)21-18(29-22)12-25(7-8-25)13-19(21)31/h1-6,9-10,16-17,28-29H,7-8,11-13H2,(H,27,30,32)/t16-,17-/m1/s1. The van der Waals surface area contributed by atoms with Crippen molar-refractivity contribution in [2.75, 3.05) is 10.6 Å². The number of anilines is 3. The van der Waals surface area contributed by atoms with E-state index in [1.165, 1.54) is 0 Å². The quantitative estimate of drug-likeness (QED) is 0.530. The molecule has 3 N–H and O–H groups in total. The van der Waals surface area contributed by atoms with Gasteiger partial charge in [0.1, 0.15) is 12.0 Å². The first-order valence-corrected chi connectivity index (χ1v) is 11.0. The summed E-state index contributed by atoms with van der Waals surface area (Å²) in [4.78, 5) is 33.1. The number of nitrogens with zero attached hydrogens (tertiary/aromatic N) is 1. The first kappa shape index (κ1) is 19.2. The molecule has 3 aromatic rings. The number of hydrogen-bond acceptors (Lipinski definition) is 4. The van der Waals surface area contributed by atoms with E-state index in [0.29, 0.717) is 12.2 Å². The Kier molecular flexibility index (Phi) is 4.22. The van der Waals surface area contributed by atoms with Gasteiger partial charge in [0, 0.05) is 29.6 Å². The van der Waals surface area contributed by atoms with Crippen molar-refractivity contribution in [3.05, 3.63) is 59.9 Å². The zero-order valence-corrected chi connectivity index (χ0v) is 17.5. The van der Waals surface area contributed by atoms with Gasteiger partial charge in [-0.25, -0.2) is 9.37 Å². The van der Waals surface area contributed by atoms with E-state index in [-0.39, 0.29) is 23.5 Å². The molecule has 2 heterocycles. The molecule has 2 aromatic heterocycles. The molecular weight excluding hydrogens is 407 g/mol. The van der Waals surface area contributed by atoms with Gasteiger partial charge in [0.25, 0.3) is 0 Å². The van der Waals surface area contributed by atoms with Gasteiger partial charge in [-0.15, -0.1) is 0 Å². The summed E-state index contributed by atoms with van der Waals surface area (Å²) in [5.74, 6) is -0.396. The average Bonchev–Trinajstić information content (AvgIpc) is 3.67. The topological polar surface area (TPSA) is 86.9 Å². The van der Waals surface area contributed by atoms with Crippen molar-refractivity contribution in [1.82, 2.24) is 9.97 Å². The monoisotopic (exact) mass is 430 g/mol. The molecule has 1 amide bonds. The third-order valence-corrected chi connectivity index (χ3v) is 6.79. The number of pyridine rings is 1. The minimum atomic E-state index is -1.06. The maximum absolute atomic E-state index is 13.2. The van der Waals surface area contributed by atoms with Crippen LogP contribution in [0.5, 0.6) is 0 Å². The van der Waals surface area contributed by atoms with Crippen LogP contribution in [0, 0.1) is 11.3 Å². The fourth-order valence-electron chi connectivity index (χ4n) is 4.70. The van der Waals surface area contributed by atoms with Gasteiger partial charge < -0.3 is 15.6 Å². The Bertz CT molecular complexity index is 1230.